The highest BCUT2D eigenvalue weighted by Crippen LogP contribution is 2.12. The number of allylic oxidation sites excluding steroid dienone is 3. The molecule has 0 bridgehead atoms. The van der Waals surface area contributed by atoms with Crippen molar-refractivity contribution in [2.45, 2.75) is 39.2 Å². The number of benzene rings is 1. The SMILES string of the molecule is Cc1cn(COC(COCC2=CC=CCC2)COCc2ccccc2)c(=O)[nH]c1=O. The van der Waals surface area contributed by atoms with E-state index in [1.165, 1.54) is 16.3 Å². The minimum absolute atomic E-state index is 0.00457. The number of ether oxygens (including phenoxy) is 3. The zero-order valence-electron chi connectivity index (χ0n) is 17.2. The third-order valence-corrected chi connectivity index (χ3v) is 4.74. The van der Waals surface area contributed by atoms with Crippen molar-refractivity contribution in [2.24, 2.45) is 0 Å². The molecule has 0 fully saturated rings. The summed E-state index contributed by atoms with van der Waals surface area (Å²) >= 11 is 0. The Morgan fingerprint density at radius 3 is 2.60 bits per heavy atom. The molecule has 30 heavy (non-hydrogen) atoms. The Morgan fingerprint density at radius 1 is 1.10 bits per heavy atom. The van der Waals surface area contributed by atoms with E-state index in [0.717, 1.165) is 18.4 Å². The fourth-order valence-electron chi connectivity index (χ4n) is 3.02. The Morgan fingerprint density at radius 2 is 1.87 bits per heavy atom. The van der Waals surface area contributed by atoms with Gasteiger partial charge in [0.1, 0.15) is 12.8 Å². The molecule has 7 heteroatoms. The molecule has 3 rings (SSSR count). The van der Waals surface area contributed by atoms with Crippen LogP contribution < -0.4 is 11.2 Å². The van der Waals surface area contributed by atoms with Crippen LogP contribution in [0.15, 0.2) is 69.9 Å². The van der Waals surface area contributed by atoms with Crippen molar-refractivity contribution >= 4 is 0 Å². The summed E-state index contributed by atoms with van der Waals surface area (Å²) < 4.78 is 18.9. The molecule has 0 amide bonds. The first kappa shape index (κ1) is 22.0. The Hall–Kier alpha value is -2.74. The summed E-state index contributed by atoms with van der Waals surface area (Å²) in [7, 11) is 0. The van der Waals surface area contributed by atoms with Gasteiger partial charge in [-0.1, -0.05) is 48.6 Å². The quantitative estimate of drug-likeness (QED) is 0.614. The van der Waals surface area contributed by atoms with E-state index in [0.29, 0.717) is 32.0 Å². The van der Waals surface area contributed by atoms with Crippen molar-refractivity contribution in [3.05, 3.63) is 92.3 Å². The first-order valence-corrected chi connectivity index (χ1v) is 10.1. The molecule has 1 aromatic carbocycles. The third kappa shape index (κ3) is 6.95. The average Bonchev–Trinajstić information content (AvgIpc) is 2.76. The number of nitrogens with zero attached hydrogens (tertiary/aromatic N) is 1. The lowest BCUT2D eigenvalue weighted by Gasteiger charge is -2.20. The van der Waals surface area contributed by atoms with Crippen LogP contribution in [0.1, 0.15) is 24.0 Å². The van der Waals surface area contributed by atoms with Crippen molar-refractivity contribution in [3.8, 4) is 0 Å². The molecular weight excluding hydrogens is 384 g/mol. The number of hydrogen-bond donors (Lipinski definition) is 1. The van der Waals surface area contributed by atoms with E-state index in [1.54, 1.807) is 6.92 Å². The maximum atomic E-state index is 12.0. The van der Waals surface area contributed by atoms with Gasteiger partial charge in [-0.05, 0) is 30.9 Å². The van der Waals surface area contributed by atoms with Gasteiger partial charge in [-0.2, -0.15) is 0 Å². The van der Waals surface area contributed by atoms with Gasteiger partial charge >= 0.3 is 5.69 Å². The molecule has 0 saturated heterocycles. The fraction of sp³-hybridized carbons (Fsp3) is 0.391. The van der Waals surface area contributed by atoms with Crippen LogP contribution in [0, 0.1) is 6.92 Å². The van der Waals surface area contributed by atoms with Gasteiger partial charge in [-0.3, -0.25) is 14.3 Å². The molecule has 0 aliphatic heterocycles. The normalized spacial score (nSPS) is 14.5. The second kappa shape index (κ2) is 11.4. The number of aromatic amines is 1. The first-order valence-electron chi connectivity index (χ1n) is 10.1. The van der Waals surface area contributed by atoms with Crippen molar-refractivity contribution in [3.63, 3.8) is 0 Å². The highest BCUT2D eigenvalue weighted by molar-refractivity contribution is 5.17. The molecule has 1 unspecified atom stereocenters. The van der Waals surface area contributed by atoms with E-state index < -0.39 is 11.2 Å². The van der Waals surface area contributed by atoms with Crippen molar-refractivity contribution < 1.29 is 14.2 Å². The van der Waals surface area contributed by atoms with E-state index in [9.17, 15) is 9.59 Å². The van der Waals surface area contributed by atoms with Crippen LogP contribution >= 0.6 is 0 Å². The topological polar surface area (TPSA) is 82.6 Å². The molecule has 1 atom stereocenters. The number of aryl methyl sites for hydroxylation is 1. The second-order valence-corrected chi connectivity index (χ2v) is 7.27. The summed E-state index contributed by atoms with van der Waals surface area (Å²) in [5.74, 6) is 0. The Labute approximate surface area is 175 Å². The van der Waals surface area contributed by atoms with Gasteiger partial charge in [-0.25, -0.2) is 4.79 Å². The minimum atomic E-state index is -0.505. The third-order valence-electron chi connectivity index (χ3n) is 4.74. The van der Waals surface area contributed by atoms with Gasteiger partial charge < -0.3 is 14.2 Å². The van der Waals surface area contributed by atoms with Crippen LogP contribution in [0.5, 0.6) is 0 Å². The van der Waals surface area contributed by atoms with Gasteiger partial charge in [0.2, 0.25) is 0 Å². The fourth-order valence-corrected chi connectivity index (χ4v) is 3.02. The number of nitrogens with one attached hydrogen (secondary N) is 1. The molecule has 1 N–H and O–H groups in total. The highest BCUT2D eigenvalue weighted by atomic mass is 16.6. The monoisotopic (exact) mass is 412 g/mol. The second-order valence-electron chi connectivity index (χ2n) is 7.27. The molecule has 1 aliphatic carbocycles. The predicted molar refractivity (Wildman–Crippen MR) is 114 cm³/mol. The van der Waals surface area contributed by atoms with E-state index in [2.05, 4.69) is 17.1 Å². The zero-order chi connectivity index (χ0) is 21.2. The molecule has 2 aromatic rings. The molecule has 160 valence electrons. The Kier molecular flexibility index (Phi) is 8.38. The molecule has 0 saturated carbocycles. The molecule has 0 spiro atoms. The van der Waals surface area contributed by atoms with Gasteiger partial charge in [-0.15, -0.1) is 0 Å². The maximum Gasteiger partial charge on any atom is 0.330 e. The molecule has 1 heterocycles. The molecule has 1 aromatic heterocycles. The van der Waals surface area contributed by atoms with Crippen LogP contribution in [0.2, 0.25) is 0 Å². The summed E-state index contributed by atoms with van der Waals surface area (Å²) in [5, 5.41) is 0. The first-order chi connectivity index (χ1) is 14.6. The molecular formula is C23H28N2O5. The lowest BCUT2D eigenvalue weighted by atomic mass is 10.1. The van der Waals surface area contributed by atoms with E-state index in [1.807, 2.05) is 36.4 Å². The summed E-state index contributed by atoms with van der Waals surface area (Å²) in [6.45, 7) is 3.32. The van der Waals surface area contributed by atoms with Gasteiger partial charge in [0, 0.05) is 11.8 Å². The minimum Gasteiger partial charge on any atom is -0.374 e. The van der Waals surface area contributed by atoms with Crippen molar-refractivity contribution in [1.29, 1.82) is 0 Å². The molecule has 7 nitrogen and oxygen atoms in total. The Bertz CT molecular complexity index is 975. The van der Waals surface area contributed by atoms with Crippen LogP contribution in [-0.4, -0.2) is 35.5 Å². The lowest BCUT2D eigenvalue weighted by Crippen LogP contribution is -2.34. The Balaban J connectivity index is 1.55. The standard InChI is InChI=1S/C23H28N2O5/c1-18-12-25(23(27)24-22(18)26)17-30-21(15-28-13-19-8-4-2-5-9-19)16-29-14-20-10-6-3-7-11-20/h2-6,8-10,12,21H,7,11,13-17H2,1H3,(H,24,26,27). The van der Waals surface area contributed by atoms with Gasteiger partial charge in [0.05, 0.1) is 26.4 Å². The van der Waals surface area contributed by atoms with E-state index in [-0.39, 0.29) is 12.8 Å². The number of aromatic nitrogens is 2. The smallest absolute Gasteiger partial charge is 0.330 e. The zero-order valence-corrected chi connectivity index (χ0v) is 17.2. The van der Waals surface area contributed by atoms with Crippen LogP contribution in [-0.2, 0) is 27.5 Å². The lowest BCUT2D eigenvalue weighted by molar-refractivity contribution is -0.0833. The molecule has 0 radical (unpaired) electrons. The largest absolute Gasteiger partial charge is 0.374 e. The summed E-state index contributed by atoms with van der Waals surface area (Å²) in [4.78, 5) is 25.8. The number of rotatable bonds is 11. The van der Waals surface area contributed by atoms with E-state index in [4.69, 9.17) is 14.2 Å². The van der Waals surface area contributed by atoms with Crippen LogP contribution in [0.3, 0.4) is 0 Å². The molecule has 1 aliphatic rings. The van der Waals surface area contributed by atoms with Crippen molar-refractivity contribution in [1.82, 2.24) is 9.55 Å². The van der Waals surface area contributed by atoms with Gasteiger partial charge in [0.25, 0.3) is 5.56 Å². The maximum absolute atomic E-state index is 12.0. The highest BCUT2D eigenvalue weighted by Gasteiger charge is 2.13. The van der Waals surface area contributed by atoms with Gasteiger partial charge in [0.15, 0.2) is 0 Å². The number of H-pyrrole nitrogens is 1. The average molecular weight is 412 g/mol. The summed E-state index contributed by atoms with van der Waals surface area (Å²) in [6.07, 6.45) is 9.42. The predicted octanol–water partition coefficient (Wildman–Crippen LogP) is 2.70. The van der Waals surface area contributed by atoms with Crippen LogP contribution in [0.25, 0.3) is 0 Å². The van der Waals surface area contributed by atoms with Crippen LogP contribution in [0.4, 0.5) is 0 Å². The summed E-state index contributed by atoms with van der Waals surface area (Å²) in [6, 6.07) is 9.89. The number of hydrogen-bond acceptors (Lipinski definition) is 5. The van der Waals surface area contributed by atoms with E-state index >= 15 is 0 Å². The summed E-state index contributed by atoms with van der Waals surface area (Å²) in [5.41, 5.74) is 1.87. The van der Waals surface area contributed by atoms with Crippen molar-refractivity contribution in [2.75, 3.05) is 19.8 Å².